The lowest BCUT2D eigenvalue weighted by Gasteiger charge is -2.15. The number of aliphatic imine (C=N–C) groups is 1. The molecule has 72 valence electrons. The van der Waals surface area contributed by atoms with E-state index >= 15 is 0 Å². The second kappa shape index (κ2) is 3.77. The summed E-state index contributed by atoms with van der Waals surface area (Å²) in [6.45, 7) is 0. The molecule has 0 amide bonds. The fourth-order valence-corrected chi connectivity index (χ4v) is 1.38. The molecule has 0 radical (unpaired) electrons. The quantitative estimate of drug-likeness (QED) is 0.673. The zero-order chi connectivity index (χ0) is 9.97. The summed E-state index contributed by atoms with van der Waals surface area (Å²) in [5.74, 6) is 0. The Bertz CT molecular complexity index is 385. The van der Waals surface area contributed by atoms with Crippen LogP contribution in [-0.2, 0) is 0 Å². The molecule has 1 heterocycles. The average Bonchev–Trinajstić information content (AvgIpc) is 2.19. The summed E-state index contributed by atoms with van der Waals surface area (Å²) < 4.78 is 0. The van der Waals surface area contributed by atoms with E-state index in [1.54, 1.807) is 0 Å². The van der Waals surface area contributed by atoms with Crippen LogP contribution in [0.1, 0.15) is 5.56 Å². The molecule has 5 heteroatoms. The van der Waals surface area contributed by atoms with Crippen LogP contribution in [0.15, 0.2) is 40.4 Å². The number of hydrazone groups is 1. The Morgan fingerprint density at radius 2 is 2.00 bits per heavy atom. The first-order valence-electron chi connectivity index (χ1n) is 4.15. The molecule has 4 nitrogen and oxygen atoms in total. The molecule has 1 aliphatic heterocycles. The Labute approximate surface area is 86.5 Å². The van der Waals surface area contributed by atoms with Gasteiger partial charge < -0.3 is 5.73 Å². The first-order chi connectivity index (χ1) is 6.77. The first-order valence-corrected chi connectivity index (χ1v) is 4.53. The molecule has 0 aliphatic carbocycles. The minimum Gasteiger partial charge on any atom is -0.304 e. The van der Waals surface area contributed by atoms with Gasteiger partial charge in [0.2, 0.25) is 5.29 Å². The molecule has 1 aromatic rings. The fraction of sp³-hybridized carbons (Fsp3) is 0.111. The molecule has 0 saturated carbocycles. The monoisotopic (exact) mass is 208 g/mol. The van der Waals surface area contributed by atoms with Crippen molar-refractivity contribution in [3.05, 3.63) is 35.9 Å². The van der Waals surface area contributed by atoms with Gasteiger partial charge >= 0.3 is 0 Å². The van der Waals surface area contributed by atoms with Gasteiger partial charge in [-0.15, -0.1) is 0 Å². The summed E-state index contributed by atoms with van der Waals surface area (Å²) in [5, 5.41) is 4.26. The van der Waals surface area contributed by atoms with Crippen molar-refractivity contribution in [2.45, 2.75) is 6.17 Å². The zero-order valence-corrected chi connectivity index (χ0v) is 8.07. The second-order valence-corrected chi connectivity index (χ2v) is 3.20. The maximum absolute atomic E-state index is 5.76. The molecular formula is C9H9ClN4. The lowest BCUT2D eigenvalue weighted by Crippen LogP contribution is -2.37. The maximum atomic E-state index is 5.76. The molecular weight excluding hydrogens is 200 g/mol. The summed E-state index contributed by atoms with van der Waals surface area (Å²) in [4.78, 5) is 3.96. The molecule has 0 bridgehead atoms. The van der Waals surface area contributed by atoms with Crippen LogP contribution in [0.3, 0.4) is 0 Å². The highest BCUT2D eigenvalue weighted by Gasteiger charge is 2.16. The predicted octanol–water partition coefficient (Wildman–Crippen LogP) is 0.873. The Morgan fingerprint density at radius 1 is 1.29 bits per heavy atom. The lowest BCUT2D eigenvalue weighted by molar-refractivity contribution is 0.851. The molecule has 0 saturated heterocycles. The van der Waals surface area contributed by atoms with Crippen LogP contribution in [-0.4, -0.2) is 17.2 Å². The lowest BCUT2D eigenvalue weighted by atomic mass is 10.1. The van der Waals surface area contributed by atoms with Crippen LogP contribution in [0.25, 0.3) is 0 Å². The van der Waals surface area contributed by atoms with Gasteiger partial charge in [0.15, 0.2) is 0 Å². The van der Waals surface area contributed by atoms with Crippen molar-refractivity contribution >= 4 is 22.6 Å². The largest absolute Gasteiger partial charge is 0.304 e. The third-order valence-electron chi connectivity index (χ3n) is 1.87. The van der Waals surface area contributed by atoms with Gasteiger partial charge in [-0.1, -0.05) is 30.3 Å². The minimum atomic E-state index is -0.494. The maximum Gasteiger partial charge on any atom is 0.213 e. The van der Waals surface area contributed by atoms with Crippen molar-refractivity contribution in [2.24, 2.45) is 15.8 Å². The standard InChI is InChI=1S/C9H9ClN4/c10-9-12-8(11)7(13-14-9)6-4-2-1-3-5-6/h1-5,8H,11H2,(H,12,14). The van der Waals surface area contributed by atoms with Gasteiger partial charge in [0.05, 0.1) is 0 Å². The molecule has 3 N–H and O–H groups in total. The van der Waals surface area contributed by atoms with E-state index in [-0.39, 0.29) is 5.29 Å². The zero-order valence-electron chi connectivity index (χ0n) is 7.31. The van der Waals surface area contributed by atoms with Gasteiger partial charge in [-0.3, -0.25) is 5.43 Å². The van der Waals surface area contributed by atoms with Crippen molar-refractivity contribution in [3.8, 4) is 0 Å². The van der Waals surface area contributed by atoms with Crippen LogP contribution >= 0.6 is 11.6 Å². The topological polar surface area (TPSA) is 62.8 Å². The number of nitrogens with zero attached hydrogens (tertiary/aromatic N) is 2. The van der Waals surface area contributed by atoms with Crippen molar-refractivity contribution in [1.82, 2.24) is 5.43 Å². The van der Waals surface area contributed by atoms with Crippen LogP contribution in [0.5, 0.6) is 0 Å². The van der Waals surface area contributed by atoms with Gasteiger partial charge in [-0.05, 0) is 11.6 Å². The summed E-state index contributed by atoms with van der Waals surface area (Å²) in [6, 6.07) is 9.63. The smallest absolute Gasteiger partial charge is 0.213 e. The number of benzene rings is 1. The Kier molecular flexibility index (Phi) is 2.47. The highest BCUT2D eigenvalue weighted by Crippen LogP contribution is 2.07. The van der Waals surface area contributed by atoms with E-state index in [2.05, 4.69) is 15.5 Å². The number of hydrogen-bond donors (Lipinski definition) is 2. The number of amidine groups is 1. The third kappa shape index (κ3) is 1.76. The summed E-state index contributed by atoms with van der Waals surface area (Å²) in [6.07, 6.45) is -0.494. The van der Waals surface area contributed by atoms with E-state index in [9.17, 15) is 0 Å². The molecule has 0 fully saturated rings. The van der Waals surface area contributed by atoms with E-state index in [1.165, 1.54) is 0 Å². The summed E-state index contributed by atoms with van der Waals surface area (Å²) >= 11 is 5.62. The van der Waals surface area contributed by atoms with Gasteiger partial charge in [-0.2, -0.15) is 5.10 Å². The van der Waals surface area contributed by atoms with Gasteiger partial charge in [0.25, 0.3) is 0 Å². The Morgan fingerprint density at radius 3 is 2.64 bits per heavy atom. The third-order valence-corrected chi connectivity index (χ3v) is 2.05. The van der Waals surface area contributed by atoms with E-state index in [1.807, 2.05) is 30.3 Å². The molecule has 1 aromatic carbocycles. The van der Waals surface area contributed by atoms with Crippen molar-refractivity contribution in [3.63, 3.8) is 0 Å². The number of halogens is 1. The number of rotatable bonds is 1. The van der Waals surface area contributed by atoms with E-state index in [0.717, 1.165) is 5.56 Å². The Hall–Kier alpha value is -1.39. The molecule has 0 spiro atoms. The van der Waals surface area contributed by atoms with Crippen LogP contribution < -0.4 is 11.2 Å². The van der Waals surface area contributed by atoms with Crippen molar-refractivity contribution < 1.29 is 0 Å². The minimum absolute atomic E-state index is 0.220. The molecule has 1 aliphatic rings. The summed E-state index contributed by atoms with van der Waals surface area (Å²) in [5.41, 5.74) is 9.98. The number of hydrogen-bond acceptors (Lipinski definition) is 4. The summed E-state index contributed by atoms with van der Waals surface area (Å²) in [7, 11) is 0. The second-order valence-electron chi connectivity index (χ2n) is 2.84. The molecule has 1 unspecified atom stereocenters. The van der Waals surface area contributed by atoms with Crippen molar-refractivity contribution in [2.75, 3.05) is 0 Å². The number of nitrogens with two attached hydrogens (primary N) is 1. The predicted molar refractivity (Wildman–Crippen MR) is 57.4 cm³/mol. The first kappa shape index (κ1) is 9.18. The van der Waals surface area contributed by atoms with E-state index in [4.69, 9.17) is 17.3 Å². The van der Waals surface area contributed by atoms with E-state index < -0.39 is 6.17 Å². The normalized spacial score (nSPS) is 20.9. The van der Waals surface area contributed by atoms with Crippen LogP contribution in [0.4, 0.5) is 0 Å². The average molecular weight is 209 g/mol. The molecule has 2 rings (SSSR count). The Balaban J connectivity index is 2.30. The van der Waals surface area contributed by atoms with Gasteiger partial charge in [0, 0.05) is 5.56 Å². The van der Waals surface area contributed by atoms with Crippen LogP contribution in [0.2, 0.25) is 0 Å². The number of nitrogens with one attached hydrogen (secondary N) is 1. The van der Waals surface area contributed by atoms with Gasteiger partial charge in [-0.25, -0.2) is 4.99 Å². The highest BCUT2D eigenvalue weighted by molar-refractivity contribution is 6.64. The fourth-order valence-electron chi connectivity index (χ4n) is 1.23. The van der Waals surface area contributed by atoms with Gasteiger partial charge in [0.1, 0.15) is 11.9 Å². The molecule has 1 atom stereocenters. The SMILES string of the molecule is NC1N=C(Cl)NN=C1c1ccccc1. The molecule has 0 aromatic heterocycles. The molecule has 14 heavy (non-hydrogen) atoms. The van der Waals surface area contributed by atoms with Crippen molar-refractivity contribution in [1.29, 1.82) is 0 Å². The van der Waals surface area contributed by atoms with Crippen LogP contribution in [0, 0.1) is 0 Å². The highest BCUT2D eigenvalue weighted by atomic mass is 35.5. The van der Waals surface area contributed by atoms with E-state index in [0.29, 0.717) is 5.71 Å².